The molecule has 0 aliphatic carbocycles. The maximum Gasteiger partial charge on any atom is 0.283 e. The van der Waals surface area contributed by atoms with E-state index in [2.05, 4.69) is 10.4 Å². The Bertz CT molecular complexity index is 973. The van der Waals surface area contributed by atoms with Gasteiger partial charge < -0.3 is 5.32 Å². The Labute approximate surface area is 159 Å². The van der Waals surface area contributed by atoms with Crippen LogP contribution < -0.4 is 5.32 Å². The monoisotopic (exact) mass is 419 g/mol. The Balaban J connectivity index is 2.38. The van der Waals surface area contributed by atoms with Gasteiger partial charge in [-0.05, 0) is 13.0 Å². The maximum atomic E-state index is 13.2. The van der Waals surface area contributed by atoms with Gasteiger partial charge in [0.15, 0.2) is 0 Å². The van der Waals surface area contributed by atoms with Gasteiger partial charge in [0.05, 0.1) is 21.2 Å². The van der Waals surface area contributed by atoms with Crippen molar-refractivity contribution in [3.8, 4) is 6.07 Å². The average molecular weight is 420 g/mol. The van der Waals surface area contributed by atoms with Crippen molar-refractivity contribution in [3.05, 3.63) is 50.3 Å². The predicted molar refractivity (Wildman–Crippen MR) is 88.3 cm³/mol. The second-order valence-electron chi connectivity index (χ2n) is 5.39. The van der Waals surface area contributed by atoms with E-state index in [1.165, 1.54) is 0 Å². The zero-order chi connectivity index (χ0) is 21.2. The van der Waals surface area contributed by atoms with Gasteiger partial charge in [0, 0.05) is 12.1 Å². The predicted octanol–water partition coefficient (Wildman–Crippen LogP) is 4.39. The number of nitro benzene ring substituents is 1. The summed E-state index contributed by atoms with van der Waals surface area (Å²) in [6.45, 7) is 1.11. The summed E-state index contributed by atoms with van der Waals surface area (Å²) < 4.78 is 52.6. The number of rotatable bonds is 6. The third-order valence-electron chi connectivity index (χ3n) is 3.66. The molecule has 28 heavy (non-hydrogen) atoms. The second kappa shape index (κ2) is 8.22. The zero-order valence-electron chi connectivity index (χ0n) is 13.9. The molecule has 8 nitrogen and oxygen atoms in total. The molecular weight excluding hydrogens is 410 g/mol. The Kier molecular flexibility index (Phi) is 6.19. The molecule has 0 aliphatic heterocycles. The van der Waals surface area contributed by atoms with Gasteiger partial charge in [-0.3, -0.25) is 14.9 Å². The maximum absolute atomic E-state index is 13.2. The summed E-state index contributed by atoms with van der Waals surface area (Å²) in [6.07, 6.45) is -6.52. The molecule has 1 N–H and O–H groups in total. The van der Waals surface area contributed by atoms with E-state index in [1.54, 1.807) is 6.07 Å². The van der Waals surface area contributed by atoms with Crippen LogP contribution in [0, 0.1) is 21.4 Å². The minimum atomic E-state index is -3.28. The highest BCUT2D eigenvalue weighted by atomic mass is 35.5. The van der Waals surface area contributed by atoms with Crippen LogP contribution in [0.5, 0.6) is 0 Å². The number of alkyl halides is 4. The Hall–Kier alpha value is -3.20. The van der Waals surface area contributed by atoms with Crippen LogP contribution in [-0.2, 0) is 4.79 Å². The number of hydrogen-bond donors (Lipinski definition) is 1. The number of aromatic nitrogens is 2. The number of carbonyl (C=O) groups is 1. The van der Waals surface area contributed by atoms with Crippen molar-refractivity contribution >= 4 is 28.9 Å². The SMILES string of the molecule is CC(C(=O)Nc1ccc([N+](=O)[O-])cc1C#N)n1nc(C(F)F)c(Cl)c1C(F)F. The molecule has 0 fully saturated rings. The number of benzene rings is 1. The average Bonchev–Trinajstić information content (AvgIpc) is 2.98. The van der Waals surface area contributed by atoms with E-state index in [0.29, 0.717) is 4.68 Å². The molecule has 148 valence electrons. The molecule has 0 radical (unpaired) electrons. The van der Waals surface area contributed by atoms with Gasteiger partial charge in [0.2, 0.25) is 5.91 Å². The first kappa shape index (κ1) is 21.1. The molecule has 0 saturated carbocycles. The summed E-state index contributed by atoms with van der Waals surface area (Å²) in [5.74, 6) is -0.979. The lowest BCUT2D eigenvalue weighted by molar-refractivity contribution is -0.384. The van der Waals surface area contributed by atoms with E-state index in [-0.39, 0.29) is 11.3 Å². The minimum absolute atomic E-state index is 0.129. The number of halogens is 5. The first-order valence-electron chi connectivity index (χ1n) is 7.42. The van der Waals surface area contributed by atoms with Crippen molar-refractivity contribution in [2.75, 3.05) is 5.32 Å². The van der Waals surface area contributed by atoms with Crippen LogP contribution in [0.25, 0.3) is 0 Å². The van der Waals surface area contributed by atoms with E-state index < -0.39 is 51.8 Å². The molecule has 1 amide bonds. The smallest absolute Gasteiger partial charge is 0.283 e. The lowest BCUT2D eigenvalue weighted by Gasteiger charge is -2.16. The van der Waals surface area contributed by atoms with Crippen LogP contribution in [0.15, 0.2) is 18.2 Å². The Morgan fingerprint density at radius 3 is 2.50 bits per heavy atom. The van der Waals surface area contributed by atoms with Crippen LogP contribution in [0.4, 0.5) is 28.9 Å². The summed E-state index contributed by atoms with van der Waals surface area (Å²) in [7, 11) is 0. The van der Waals surface area contributed by atoms with Crippen molar-refractivity contribution < 1.29 is 27.3 Å². The molecular formula is C15H10ClF4N5O3. The summed E-state index contributed by atoms with van der Waals surface area (Å²) in [5.41, 5.74) is -2.93. The summed E-state index contributed by atoms with van der Waals surface area (Å²) in [5, 5.41) is 24.4. The number of non-ortho nitro benzene ring substituents is 1. The molecule has 0 saturated heterocycles. The fourth-order valence-corrected chi connectivity index (χ4v) is 2.56. The second-order valence-corrected chi connectivity index (χ2v) is 5.77. The fraction of sp³-hybridized carbons (Fsp3) is 0.267. The van der Waals surface area contributed by atoms with E-state index in [9.17, 15) is 32.5 Å². The molecule has 1 aromatic carbocycles. The molecule has 2 aromatic rings. The minimum Gasteiger partial charge on any atom is -0.323 e. The zero-order valence-corrected chi connectivity index (χ0v) is 14.6. The molecule has 1 atom stereocenters. The molecule has 13 heteroatoms. The first-order valence-corrected chi connectivity index (χ1v) is 7.79. The van der Waals surface area contributed by atoms with E-state index in [4.69, 9.17) is 16.9 Å². The molecule has 0 aliphatic rings. The number of carbonyl (C=O) groups excluding carboxylic acids is 1. The standard InChI is InChI=1S/C15H10ClF4N5O3/c1-6(24-12(14(19)20)10(16)11(23-24)13(17)18)15(26)22-9-3-2-8(25(27)28)4-7(9)5-21/h2-4,6,13-14H,1H3,(H,22,26). The molecule has 2 rings (SSSR count). The quantitative estimate of drug-likeness (QED) is 0.423. The largest absolute Gasteiger partial charge is 0.323 e. The Morgan fingerprint density at radius 2 is 2.00 bits per heavy atom. The Morgan fingerprint density at radius 1 is 1.36 bits per heavy atom. The van der Waals surface area contributed by atoms with Crippen LogP contribution in [0.3, 0.4) is 0 Å². The number of nitriles is 1. The van der Waals surface area contributed by atoms with Gasteiger partial charge in [-0.15, -0.1) is 0 Å². The summed E-state index contributed by atoms with van der Waals surface area (Å²) in [6, 6.07) is 3.15. The van der Waals surface area contributed by atoms with Gasteiger partial charge in [-0.25, -0.2) is 22.2 Å². The highest BCUT2D eigenvalue weighted by Crippen LogP contribution is 2.36. The van der Waals surface area contributed by atoms with E-state index in [0.717, 1.165) is 25.1 Å². The van der Waals surface area contributed by atoms with Crippen LogP contribution in [-0.4, -0.2) is 20.6 Å². The van der Waals surface area contributed by atoms with Crippen molar-refractivity contribution in [2.45, 2.75) is 25.8 Å². The van der Waals surface area contributed by atoms with Gasteiger partial charge in [-0.2, -0.15) is 10.4 Å². The lowest BCUT2D eigenvalue weighted by Crippen LogP contribution is -2.26. The van der Waals surface area contributed by atoms with Crippen molar-refractivity contribution in [3.63, 3.8) is 0 Å². The highest BCUT2D eigenvalue weighted by Gasteiger charge is 2.32. The number of nitrogens with one attached hydrogen (secondary N) is 1. The number of nitro groups is 1. The van der Waals surface area contributed by atoms with Crippen molar-refractivity contribution in [2.24, 2.45) is 0 Å². The number of anilines is 1. The first-order chi connectivity index (χ1) is 13.1. The van der Waals surface area contributed by atoms with Crippen LogP contribution in [0.1, 0.15) is 42.8 Å². The van der Waals surface area contributed by atoms with Crippen LogP contribution in [0.2, 0.25) is 5.02 Å². The summed E-state index contributed by atoms with van der Waals surface area (Å²) in [4.78, 5) is 22.4. The van der Waals surface area contributed by atoms with Gasteiger partial charge >= 0.3 is 0 Å². The molecule has 0 spiro atoms. The fourth-order valence-electron chi connectivity index (χ4n) is 2.27. The van der Waals surface area contributed by atoms with E-state index in [1.807, 2.05) is 0 Å². The topological polar surface area (TPSA) is 114 Å². The molecule has 1 unspecified atom stereocenters. The summed E-state index contributed by atoms with van der Waals surface area (Å²) >= 11 is 5.54. The van der Waals surface area contributed by atoms with Gasteiger partial charge in [-0.1, -0.05) is 11.6 Å². The van der Waals surface area contributed by atoms with E-state index >= 15 is 0 Å². The van der Waals surface area contributed by atoms with Crippen molar-refractivity contribution in [1.29, 1.82) is 5.26 Å². The highest BCUT2D eigenvalue weighted by molar-refractivity contribution is 6.32. The molecule has 0 bridgehead atoms. The third kappa shape index (κ3) is 4.04. The molecule has 1 heterocycles. The number of amides is 1. The number of nitrogens with zero attached hydrogens (tertiary/aromatic N) is 4. The van der Waals surface area contributed by atoms with Crippen LogP contribution >= 0.6 is 11.6 Å². The lowest BCUT2D eigenvalue weighted by atomic mass is 10.1. The third-order valence-corrected chi connectivity index (χ3v) is 4.05. The normalized spacial score (nSPS) is 12.1. The molecule has 1 aromatic heterocycles. The number of hydrogen-bond acceptors (Lipinski definition) is 5. The van der Waals surface area contributed by atoms with Gasteiger partial charge in [0.25, 0.3) is 18.5 Å². The van der Waals surface area contributed by atoms with Crippen molar-refractivity contribution in [1.82, 2.24) is 9.78 Å². The van der Waals surface area contributed by atoms with Gasteiger partial charge in [0.1, 0.15) is 23.5 Å².